The maximum absolute atomic E-state index is 5.90. The van der Waals surface area contributed by atoms with Gasteiger partial charge in [-0.3, -0.25) is 0 Å². The Morgan fingerprint density at radius 2 is 1.34 bits per heavy atom. The summed E-state index contributed by atoms with van der Waals surface area (Å²) in [5.41, 5.74) is 0.981. The van der Waals surface area contributed by atoms with Gasteiger partial charge in [0.1, 0.15) is 5.75 Å². The van der Waals surface area contributed by atoms with E-state index in [0.717, 1.165) is 48.6 Å². The van der Waals surface area contributed by atoms with E-state index in [4.69, 9.17) is 14.5 Å². The van der Waals surface area contributed by atoms with Gasteiger partial charge >= 0.3 is 0 Å². The Morgan fingerprint density at radius 1 is 0.655 bits per heavy atom. The number of pyridine rings is 1. The average molecular weight is 394 g/mol. The molecule has 0 fully saturated rings. The van der Waals surface area contributed by atoms with Gasteiger partial charge in [0, 0.05) is 11.5 Å². The first-order valence-electron chi connectivity index (χ1n) is 11.4. The van der Waals surface area contributed by atoms with Crippen LogP contribution in [-0.4, -0.2) is 18.2 Å². The van der Waals surface area contributed by atoms with Gasteiger partial charge in [0.05, 0.1) is 18.7 Å². The lowest BCUT2D eigenvalue weighted by Crippen LogP contribution is -1.99. The number of nitrogens with zero attached hydrogens (tertiary/aromatic N) is 1. The molecule has 0 spiro atoms. The molecule has 29 heavy (non-hydrogen) atoms. The number of rotatable bonds is 13. The van der Waals surface area contributed by atoms with Crippen LogP contribution in [0.4, 0.5) is 0 Å². The normalized spacial score (nSPS) is 11.2. The summed E-state index contributed by atoms with van der Waals surface area (Å²) < 4.78 is 11.8. The summed E-state index contributed by atoms with van der Waals surface area (Å²) in [5, 5.41) is 3.55. The molecule has 0 saturated carbocycles. The predicted molar refractivity (Wildman–Crippen MR) is 123 cm³/mol. The Morgan fingerprint density at radius 3 is 2.21 bits per heavy atom. The number of unbranched alkanes of at least 4 members (excludes halogenated alkanes) is 7. The molecule has 1 aromatic heterocycles. The van der Waals surface area contributed by atoms with Gasteiger partial charge in [0.15, 0.2) is 0 Å². The van der Waals surface area contributed by atoms with Crippen molar-refractivity contribution >= 4 is 21.7 Å². The first-order chi connectivity index (χ1) is 14.3. The Bertz CT molecular complexity index is 890. The van der Waals surface area contributed by atoms with Gasteiger partial charge in [0.2, 0.25) is 5.88 Å². The molecule has 0 radical (unpaired) electrons. The van der Waals surface area contributed by atoms with Crippen molar-refractivity contribution in [1.29, 1.82) is 0 Å². The predicted octanol–water partition coefficient (Wildman–Crippen LogP) is 7.70. The van der Waals surface area contributed by atoms with Crippen molar-refractivity contribution in [3.63, 3.8) is 0 Å². The van der Waals surface area contributed by atoms with Crippen molar-refractivity contribution in [2.75, 3.05) is 13.2 Å². The van der Waals surface area contributed by atoms with E-state index in [1.54, 1.807) is 0 Å². The van der Waals surface area contributed by atoms with Crippen molar-refractivity contribution in [2.45, 2.75) is 71.6 Å². The number of hydrogen-bond acceptors (Lipinski definition) is 3. The molecule has 1 heterocycles. The van der Waals surface area contributed by atoms with Gasteiger partial charge < -0.3 is 9.47 Å². The fraction of sp³-hybridized carbons (Fsp3) is 0.500. The molecule has 0 bridgehead atoms. The molecule has 0 atom stereocenters. The molecular weight excluding hydrogens is 358 g/mol. The maximum Gasteiger partial charge on any atom is 0.213 e. The van der Waals surface area contributed by atoms with E-state index in [2.05, 4.69) is 50.2 Å². The molecule has 0 unspecified atom stereocenters. The Labute approximate surface area is 175 Å². The van der Waals surface area contributed by atoms with Crippen molar-refractivity contribution in [2.24, 2.45) is 0 Å². The second-order valence-corrected chi connectivity index (χ2v) is 7.84. The molecule has 2 aromatic carbocycles. The highest BCUT2D eigenvalue weighted by atomic mass is 16.5. The Hall–Kier alpha value is -2.29. The smallest absolute Gasteiger partial charge is 0.213 e. The van der Waals surface area contributed by atoms with Crippen LogP contribution in [-0.2, 0) is 0 Å². The lowest BCUT2D eigenvalue weighted by molar-refractivity contribution is 0.294. The molecule has 0 aliphatic carbocycles. The largest absolute Gasteiger partial charge is 0.494 e. The number of hydrogen-bond donors (Lipinski definition) is 0. The molecule has 0 saturated heterocycles. The molecule has 156 valence electrons. The summed E-state index contributed by atoms with van der Waals surface area (Å²) in [6, 6.07) is 14.7. The van der Waals surface area contributed by atoms with Crippen LogP contribution in [0.3, 0.4) is 0 Å². The Kier molecular flexibility index (Phi) is 8.60. The Balaban J connectivity index is 1.60. The zero-order valence-electron chi connectivity index (χ0n) is 18.1. The molecule has 3 heteroatoms. The zero-order chi connectivity index (χ0) is 20.3. The fourth-order valence-electron chi connectivity index (χ4n) is 3.68. The summed E-state index contributed by atoms with van der Waals surface area (Å²) in [4.78, 5) is 4.71. The van der Waals surface area contributed by atoms with Crippen LogP contribution in [0.15, 0.2) is 42.5 Å². The third kappa shape index (κ3) is 6.35. The molecule has 0 aliphatic rings. The van der Waals surface area contributed by atoms with Crippen LogP contribution >= 0.6 is 0 Å². The molecule has 3 aromatic rings. The number of ether oxygens (including phenoxy) is 2. The van der Waals surface area contributed by atoms with E-state index in [1.807, 2.05) is 6.07 Å². The lowest BCUT2D eigenvalue weighted by atomic mass is 10.0. The molecule has 3 rings (SSSR count). The highest BCUT2D eigenvalue weighted by molar-refractivity contribution is 6.06. The summed E-state index contributed by atoms with van der Waals surface area (Å²) in [6.45, 7) is 5.99. The van der Waals surface area contributed by atoms with Gasteiger partial charge in [-0.15, -0.1) is 0 Å². The second kappa shape index (κ2) is 11.6. The topological polar surface area (TPSA) is 31.4 Å². The first-order valence-corrected chi connectivity index (χ1v) is 11.4. The van der Waals surface area contributed by atoms with Crippen LogP contribution in [0.1, 0.15) is 71.6 Å². The van der Waals surface area contributed by atoms with E-state index in [-0.39, 0.29) is 0 Å². The van der Waals surface area contributed by atoms with E-state index in [0.29, 0.717) is 0 Å². The SMILES string of the molecule is CCCCCCCCOc1ccc2c(ccc3cc(OCCCCC)ccc32)n1. The molecule has 0 amide bonds. The van der Waals surface area contributed by atoms with Crippen LogP contribution in [0.25, 0.3) is 21.7 Å². The van der Waals surface area contributed by atoms with Gasteiger partial charge in [-0.05, 0) is 47.9 Å². The van der Waals surface area contributed by atoms with Crippen molar-refractivity contribution in [1.82, 2.24) is 4.98 Å². The minimum Gasteiger partial charge on any atom is -0.494 e. The molecular formula is C26H35NO2. The number of aromatic nitrogens is 1. The fourth-order valence-corrected chi connectivity index (χ4v) is 3.68. The van der Waals surface area contributed by atoms with Crippen molar-refractivity contribution in [3.05, 3.63) is 42.5 Å². The number of fused-ring (bicyclic) bond motifs is 3. The minimum atomic E-state index is 0.723. The third-order valence-corrected chi connectivity index (χ3v) is 5.40. The van der Waals surface area contributed by atoms with Crippen LogP contribution in [0, 0.1) is 0 Å². The van der Waals surface area contributed by atoms with Gasteiger partial charge in [-0.1, -0.05) is 70.9 Å². The van der Waals surface area contributed by atoms with Crippen molar-refractivity contribution in [3.8, 4) is 11.6 Å². The van der Waals surface area contributed by atoms with E-state index >= 15 is 0 Å². The molecule has 0 N–H and O–H groups in total. The van der Waals surface area contributed by atoms with Crippen molar-refractivity contribution < 1.29 is 9.47 Å². The maximum atomic E-state index is 5.90. The van der Waals surface area contributed by atoms with Gasteiger partial charge in [-0.2, -0.15) is 0 Å². The highest BCUT2D eigenvalue weighted by Gasteiger charge is 2.05. The molecule has 3 nitrogen and oxygen atoms in total. The minimum absolute atomic E-state index is 0.723. The standard InChI is InChI=1S/C26H35NO2/c1-3-5-7-8-9-11-19-29-26-17-15-24-23-14-13-22(28-18-10-6-4-2)20-21(23)12-16-25(24)27-26/h12-17,20H,3-11,18-19H2,1-2H3. The van der Waals surface area contributed by atoms with E-state index < -0.39 is 0 Å². The quantitative estimate of drug-likeness (QED) is 0.220. The molecule has 0 aliphatic heterocycles. The monoisotopic (exact) mass is 393 g/mol. The zero-order valence-corrected chi connectivity index (χ0v) is 18.1. The summed E-state index contributed by atoms with van der Waals surface area (Å²) >= 11 is 0. The van der Waals surface area contributed by atoms with Gasteiger partial charge in [-0.25, -0.2) is 4.98 Å². The summed E-state index contributed by atoms with van der Waals surface area (Å²) in [6.07, 6.45) is 11.1. The van der Waals surface area contributed by atoms with Crippen LogP contribution in [0.5, 0.6) is 11.6 Å². The third-order valence-electron chi connectivity index (χ3n) is 5.40. The van der Waals surface area contributed by atoms with Crippen LogP contribution in [0.2, 0.25) is 0 Å². The average Bonchev–Trinajstić information content (AvgIpc) is 2.75. The number of benzene rings is 2. The lowest BCUT2D eigenvalue weighted by Gasteiger charge is -2.10. The van der Waals surface area contributed by atoms with Gasteiger partial charge in [0.25, 0.3) is 0 Å². The van der Waals surface area contributed by atoms with E-state index in [1.165, 1.54) is 55.7 Å². The van der Waals surface area contributed by atoms with Crippen LogP contribution < -0.4 is 9.47 Å². The summed E-state index contributed by atoms with van der Waals surface area (Å²) in [5.74, 6) is 1.67. The van der Waals surface area contributed by atoms with E-state index in [9.17, 15) is 0 Å². The highest BCUT2D eigenvalue weighted by Crippen LogP contribution is 2.29. The first kappa shape index (κ1) is 21.4. The second-order valence-electron chi connectivity index (χ2n) is 7.84. The summed E-state index contributed by atoms with van der Waals surface area (Å²) in [7, 11) is 0.